The molecule has 1 amide bonds. The van der Waals surface area contributed by atoms with Crippen LogP contribution in [0.2, 0.25) is 0 Å². The van der Waals surface area contributed by atoms with Crippen molar-refractivity contribution in [2.45, 2.75) is 18.4 Å². The Morgan fingerprint density at radius 2 is 1.87 bits per heavy atom. The molecule has 2 aliphatic rings. The number of ether oxygens (including phenoxy) is 1. The Hall–Kier alpha value is -0.520. The van der Waals surface area contributed by atoms with E-state index in [9.17, 15) is 4.79 Å². The highest BCUT2D eigenvalue weighted by molar-refractivity contribution is 6.93. The molecule has 0 atom stereocenters. The van der Waals surface area contributed by atoms with Gasteiger partial charge in [0.05, 0.1) is 6.54 Å². The number of carbonyl (C=O) groups is 2. The summed E-state index contributed by atoms with van der Waals surface area (Å²) in [4.78, 5) is 19.7. The van der Waals surface area contributed by atoms with Crippen LogP contribution in [0, 0.1) is 0 Å². The van der Waals surface area contributed by atoms with Crippen molar-refractivity contribution < 1.29 is 14.3 Å². The van der Waals surface area contributed by atoms with Crippen molar-refractivity contribution in [2.24, 2.45) is 0 Å². The van der Waals surface area contributed by atoms with Crippen LogP contribution >= 0.6 is 23.2 Å². The Labute approximate surface area is 97.4 Å². The van der Waals surface area contributed by atoms with E-state index in [-0.39, 0.29) is 11.7 Å². The van der Waals surface area contributed by atoms with Crippen LogP contribution in [0.25, 0.3) is 0 Å². The maximum absolute atomic E-state index is 10.8. The summed E-state index contributed by atoms with van der Waals surface area (Å²) in [6, 6.07) is 0. The molecule has 2 aliphatic heterocycles. The molecule has 0 saturated carbocycles. The predicted octanol–water partition coefficient (Wildman–Crippen LogP) is 1.43. The van der Waals surface area contributed by atoms with Crippen molar-refractivity contribution in [3.8, 4) is 0 Å². The maximum Gasteiger partial charge on any atom is 0.407 e. The van der Waals surface area contributed by atoms with Crippen molar-refractivity contribution in [3.63, 3.8) is 0 Å². The highest BCUT2D eigenvalue weighted by Crippen LogP contribution is 2.25. The van der Waals surface area contributed by atoms with Gasteiger partial charge in [0, 0.05) is 12.8 Å². The van der Waals surface area contributed by atoms with Gasteiger partial charge in [-0.15, -0.1) is 0 Å². The van der Waals surface area contributed by atoms with Crippen molar-refractivity contribution in [3.05, 3.63) is 0 Å². The molecular weight excluding hydrogens is 243 g/mol. The Morgan fingerprint density at radius 1 is 1.33 bits per heavy atom. The van der Waals surface area contributed by atoms with Gasteiger partial charge in [-0.3, -0.25) is 4.79 Å². The van der Waals surface area contributed by atoms with Crippen LogP contribution < -0.4 is 10.6 Å². The second-order valence-corrected chi connectivity index (χ2v) is 4.28. The lowest BCUT2D eigenvalue weighted by atomic mass is 9.93. The molecule has 15 heavy (non-hydrogen) atoms. The Morgan fingerprint density at radius 3 is 2.27 bits per heavy atom. The second-order valence-electron chi connectivity index (χ2n) is 3.40. The maximum atomic E-state index is 10.8. The molecule has 0 unspecified atom stereocenters. The molecule has 0 aromatic heterocycles. The largest absolute Gasteiger partial charge is 0.441 e. The smallest absolute Gasteiger partial charge is 0.407 e. The highest BCUT2D eigenvalue weighted by Gasteiger charge is 2.40. The van der Waals surface area contributed by atoms with Crippen molar-refractivity contribution in [2.75, 3.05) is 19.6 Å². The summed E-state index contributed by atoms with van der Waals surface area (Å²) in [7, 11) is 0. The molecule has 2 N–H and O–H groups in total. The average Bonchev–Trinajstić information content (AvgIpc) is 2.48. The van der Waals surface area contributed by atoms with E-state index in [1.54, 1.807) is 0 Å². The van der Waals surface area contributed by atoms with Crippen molar-refractivity contribution in [1.82, 2.24) is 10.6 Å². The third-order valence-electron chi connectivity index (χ3n) is 2.38. The minimum atomic E-state index is -0.889. The average molecular weight is 255 g/mol. The number of nitrogens with one attached hydrogen (secondary N) is 2. The number of alkyl carbamates (subject to hydrolysis) is 1. The number of hydrogen-bond donors (Lipinski definition) is 2. The summed E-state index contributed by atoms with van der Waals surface area (Å²) < 4.78 is 4.31. The van der Waals surface area contributed by atoms with Gasteiger partial charge in [-0.05, 0) is 36.3 Å². The topological polar surface area (TPSA) is 67.4 Å². The summed E-state index contributed by atoms with van der Waals surface area (Å²) in [5.74, 6) is 0. The van der Waals surface area contributed by atoms with E-state index in [1.165, 1.54) is 0 Å². The van der Waals surface area contributed by atoms with Crippen LogP contribution in [0.15, 0.2) is 0 Å². The van der Waals surface area contributed by atoms with E-state index in [0.29, 0.717) is 6.54 Å². The van der Waals surface area contributed by atoms with Crippen LogP contribution in [-0.4, -0.2) is 36.0 Å². The standard InChI is InChI=1S/C7H12N2O2.CCl2O/c10-6-9-5-7(11-6)1-3-8-4-2-7;2-1(3)4/h8H,1-5H2,(H,9,10);. The van der Waals surface area contributed by atoms with E-state index >= 15 is 0 Å². The number of halogens is 2. The molecule has 5 nitrogen and oxygen atoms in total. The first-order chi connectivity index (χ1) is 7.04. The van der Waals surface area contributed by atoms with Gasteiger partial charge in [0.2, 0.25) is 0 Å². The number of amides is 1. The van der Waals surface area contributed by atoms with Gasteiger partial charge in [0.25, 0.3) is 0 Å². The molecule has 0 aliphatic carbocycles. The van der Waals surface area contributed by atoms with Gasteiger partial charge >= 0.3 is 10.8 Å². The number of piperidine rings is 1. The van der Waals surface area contributed by atoms with E-state index in [0.717, 1.165) is 25.9 Å². The Balaban J connectivity index is 0.000000245. The van der Waals surface area contributed by atoms with Crippen LogP contribution in [0.5, 0.6) is 0 Å². The van der Waals surface area contributed by atoms with Gasteiger partial charge < -0.3 is 15.4 Å². The zero-order valence-electron chi connectivity index (χ0n) is 8.02. The van der Waals surface area contributed by atoms with E-state index in [4.69, 9.17) is 9.53 Å². The van der Waals surface area contributed by atoms with Crippen LogP contribution in [0.3, 0.4) is 0 Å². The Bertz CT molecular complexity index is 250. The highest BCUT2D eigenvalue weighted by atomic mass is 35.5. The summed E-state index contributed by atoms with van der Waals surface area (Å²) in [5, 5.41) is 5.92. The normalized spacial score (nSPS) is 22.4. The predicted molar refractivity (Wildman–Crippen MR) is 56.4 cm³/mol. The van der Waals surface area contributed by atoms with Gasteiger partial charge in [0.15, 0.2) is 0 Å². The molecule has 0 aromatic carbocycles. The van der Waals surface area contributed by atoms with Crippen molar-refractivity contribution >= 4 is 34.0 Å². The van der Waals surface area contributed by atoms with Crippen LogP contribution in [-0.2, 0) is 4.74 Å². The lowest BCUT2D eigenvalue weighted by Gasteiger charge is -2.30. The molecule has 2 rings (SSSR count). The second kappa shape index (κ2) is 5.53. The molecule has 0 aromatic rings. The van der Waals surface area contributed by atoms with Crippen molar-refractivity contribution in [1.29, 1.82) is 0 Å². The van der Waals surface area contributed by atoms with Crippen LogP contribution in [0.1, 0.15) is 12.8 Å². The summed E-state index contributed by atoms with van der Waals surface area (Å²) >= 11 is 8.80. The van der Waals surface area contributed by atoms with Gasteiger partial charge in [-0.25, -0.2) is 4.79 Å². The zero-order chi connectivity index (χ0) is 11.3. The molecular formula is C8H12Cl2N2O3. The minimum Gasteiger partial charge on any atom is -0.441 e. The zero-order valence-corrected chi connectivity index (χ0v) is 9.53. The SMILES string of the molecule is O=C(Cl)Cl.O=C1NCC2(CCNCC2)O1. The molecule has 0 radical (unpaired) electrons. The molecule has 1 spiro atoms. The fourth-order valence-corrected chi connectivity index (χ4v) is 1.66. The first-order valence-corrected chi connectivity index (χ1v) is 5.32. The lowest BCUT2D eigenvalue weighted by Crippen LogP contribution is -2.44. The van der Waals surface area contributed by atoms with E-state index < -0.39 is 4.70 Å². The fourth-order valence-electron chi connectivity index (χ4n) is 1.66. The molecule has 7 heteroatoms. The molecule has 0 bridgehead atoms. The van der Waals surface area contributed by atoms with Gasteiger partial charge in [-0.1, -0.05) is 0 Å². The van der Waals surface area contributed by atoms with Gasteiger partial charge in [0.1, 0.15) is 5.60 Å². The summed E-state index contributed by atoms with van der Waals surface area (Å²) in [6.45, 7) is 2.59. The monoisotopic (exact) mass is 254 g/mol. The Kier molecular flexibility index (Phi) is 4.63. The number of carbonyl (C=O) groups excluding carboxylic acids is 2. The van der Waals surface area contributed by atoms with Gasteiger partial charge in [-0.2, -0.15) is 0 Å². The van der Waals surface area contributed by atoms with E-state index in [2.05, 4.69) is 33.8 Å². The first kappa shape index (κ1) is 12.5. The number of rotatable bonds is 0. The lowest BCUT2D eigenvalue weighted by molar-refractivity contribution is 0.0316. The molecule has 86 valence electrons. The molecule has 2 fully saturated rings. The molecule has 2 saturated heterocycles. The minimum absolute atomic E-state index is 0.178. The number of hydrogen-bond acceptors (Lipinski definition) is 4. The first-order valence-electron chi connectivity index (χ1n) is 4.57. The fraction of sp³-hybridized carbons (Fsp3) is 0.750. The quantitative estimate of drug-likeness (QED) is 0.642. The summed E-state index contributed by atoms with van der Waals surface area (Å²) in [5.41, 5.74) is -0.178. The molecule has 2 heterocycles. The summed E-state index contributed by atoms with van der Waals surface area (Å²) in [6.07, 6.45) is 1.62. The third kappa shape index (κ3) is 4.24. The third-order valence-corrected chi connectivity index (χ3v) is 2.38. The van der Waals surface area contributed by atoms with E-state index in [1.807, 2.05) is 0 Å². The van der Waals surface area contributed by atoms with Crippen LogP contribution in [0.4, 0.5) is 9.59 Å².